The molecule has 2 amide bonds. The van der Waals surface area contributed by atoms with E-state index in [1.54, 1.807) is 28.0 Å². The molecule has 0 spiro atoms. The first-order valence-electron chi connectivity index (χ1n) is 8.33. The van der Waals surface area contributed by atoms with E-state index in [0.29, 0.717) is 30.2 Å². The fourth-order valence-corrected chi connectivity index (χ4v) is 3.15. The number of carbonyl (C=O) groups excluding carboxylic acids is 2. The van der Waals surface area contributed by atoms with Crippen molar-refractivity contribution in [3.05, 3.63) is 69.7 Å². The number of amides is 2. The summed E-state index contributed by atoms with van der Waals surface area (Å²) in [6.07, 6.45) is 0. The fourth-order valence-electron chi connectivity index (χ4n) is 2.97. The first kappa shape index (κ1) is 17.5. The molecule has 3 rings (SSSR count). The Kier molecular flexibility index (Phi) is 5.09. The van der Waals surface area contributed by atoms with Gasteiger partial charge in [-0.15, -0.1) is 0 Å². The number of hydrogen-bond acceptors (Lipinski definition) is 2. The van der Waals surface area contributed by atoms with Crippen molar-refractivity contribution in [1.82, 2.24) is 9.80 Å². The van der Waals surface area contributed by atoms with Crippen LogP contribution in [0.3, 0.4) is 0 Å². The van der Waals surface area contributed by atoms with Crippen molar-refractivity contribution in [3.8, 4) is 0 Å². The average Bonchev–Trinajstić information content (AvgIpc) is 2.60. The molecule has 0 saturated carbocycles. The molecule has 1 aliphatic heterocycles. The van der Waals surface area contributed by atoms with Gasteiger partial charge in [-0.25, -0.2) is 0 Å². The van der Waals surface area contributed by atoms with Gasteiger partial charge in [-0.3, -0.25) is 9.59 Å². The molecule has 0 aliphatic carbocycles. The van der Waals surface area contributed by atoms with Crippen LogP contribution in [-0.4, -0.2) is 41.2 Å². The molecular weight excluding hydrogens is 336 g/mol. The minimum atomic E-state index is -0.136. The molecule has 2 aromatic carbocycles. The van der Waals surface area contributed by atoms with Crippen LogP contribution in [0.25, 0.3) is 0 Å². The van der Waals surface area contributed by atoms with Gasteiger partial charge in [0.25, 0.3) is 5.91 Å². The van der Waals surface area contributed by atoms with Gasteiger partial charge in [-0.1, -0.05) is 47.5 Å². The number of hydrogen-bond donors (Lipinski definition) is 0. The van der Waals surface area contributed by atoms with E-state index in [1.165, 1.54) is 5.56 Å². The molecule has 5 heteroatoms. The van der Waals surface area contributed by atoms with Crippen LogP contribution in [0.15, 0.2) is 42.5 Å². The first-order chi connectivity index (χ1) is 12.0. The minimum Gasteiger partial charge on any atom is -0.335 e. The third-order valence-electron chi connectivity index (χ3n) is 4.60. The SMILES string of the molecule is Cc1ccc(CN2CCN(C(=O)c3cccc(Cl)c3C)CC2=O)cc1. The van der Waals surface area contributed by atoms with Gasteiger partial charge in [0, 0.05) is 30.2 Å². The zero-order chi connectivity index (χ0) is 18.0. The maximum Gasteiger partial charge on any atom is 0.254 e. The third kappa shape index (κ3) is 3.85. The maximum absolute atomic E-state index is 12.7. The lowest BCUT2D eigenvalue weighted by Gasteiger charge is -2.34. The van der Waals surface area contributed by atoms with Crippen molar-refractivity contribution in [2.45, 2.75) is 20.4 Å². The van der Waals surface area contributed by atoms with Gasteiger partial charge in [0.05, 0.1) is 0 Å². The zero-order valence-electron chi connectivity index (χ0n) is 14.5. The first-order valence-corrected chi connectivity index (χ1v) is 8.71. The molecule has 4 nitrogen and oxygen atoms in total. The van der Waals surface area contributed by atoms with Gasteiger partial charge in [-0.2, -0.15) is 0 Å². The van der Waals surface area contributed by atoms with Crippen LogP contribution in [-0.2, 0) is 11.3 Å². The summed E-state index contributed by atoms with van der Waals surface area (Å²) >= 11 is 6.10. The van der Waals surface area contributed by atoms with Crippen molar-refractivity contribution in [2.24, 2.45) is 0 Å². The van der Waals surface area contributed by atoms with Crippen LogP contribution < -0.4 is 0 Å². The van der Waals surface area contributed by atoms with Crippen molar-refractivity contribution >= 4 is 23.4 Å². The van der Waals surface area contributed by atoms with Gasteiger partial charge in [0.2, 0.25) is 5.91 Å². The lowest BCUT2D eigenvalue weighted by molar-refractivity contribution is -0.135. The van der Waals surface area contributed by atoms with Crippen LogP contribution in [0, 0.1) is 13.8 Å². The highest BCUT2D eigenvalue weighted by Gasteiger charge is 2.28. The summed E-state index contributed by atoms with van der Waals surface area (Å²) in [6.45, 7) is 5.62. The number of rotatable bonds is 3. The predicted molar refractivity (Wildman–Crippen MR) is 98.7 cm³/mol. The zero-order valence-corrected chi connectivity index (χ0v) is 15.2. The summed E-state index contributed by atoms with van der Waals surface area (Å²) in [7, 11) is 0. The van der Waals surface area contributed by atoms with Crippen LogP contribution in [0.5, 0.6) is 0 Å². The monoisotopic (exact) mass is 356 g/mol. The van der Waals surface area contributed by atoms with Crippen LogP contribution in [0.1, 0.15) is 27.0 Å². The van der Waals surface area contributed by atoms with Crippen LogP contribution in [0.4, 0.5) is 0 Å². The van der Waals surface area contributed by atoms with E-state index in [9.17, 15) is 9.59 Å². The lowest BCUT2D eigenvalue weighted by Crippen LogP contribution is -2.51. The molecule has 1 saturated heterocycles. The Bertz CT molecular complexity index is 802. The molecule has 1 aliphatic rings. The van der Waals surface area contributed by atoms with E-state index in [-0.39, 0.29) is 18.4 Å². The number of nitrogens with zero attached hydrogens (tertiary/aromatic N) is 2. The standard InChI is InChI=1S/C20H21ClN2O2/c1-14-6-8-16(9-7-14)12-22-10-11-23(13-19(22)24)20(25)17-4-3-5-18(21)15(17)2/h3-9H,10-13H2,1-2H3. The largest absolute Gasteiger partial charge is 0.335 e. The number of piperazine rings is 1. The Morgan fingerprint density at radius 1 is 1.08 bits per heavy atom. The van der Waals surface area contributed by atoms with E-state index in [2.05, 4.69) is 0 Å². The van der Waals surface area contributed by atoms with Crippen LogP contribution in [0.2, 0.25) is 5.02 Å². The number of benzene rings is 2. The van der Waals surface area contributed by atoms with Crippen molar-refractivity contribution in [1.29, 1.82) is 0 Å². The van der Waals surface area contributed by atoms with Crippen LogP contribution >= 0.6 is 11.6 Å². The second kappa shape index (κ2) is 7.28. The minimum absolute atomic E-state index is 0.0279. The van der Waals surface area contributed by atoms with Gasteiger partial charge in [-0.05, 0) is 37.1 Å². The maximum atomic E-state index is 12.7. The Morgan fingerprint density at radius 2 is 1.80 bits per heavy atom. The molecular formula is C20H21ClN2O2. The van der Waals surface area contributed by atoms with E-state index in [0.717, 1.165) is 11.1 Å². The Morgan fingerprint density at radius 3 is 2.48 bits per heavy atom. The molecule has 1 fully saturated rings. The topological polar surface area (TPSA) is 40.6 Å². The molecule has 0 N–H and O–H groups in total. The van der Waals surface area contributed by atoms with Crippen molar-refractivity contribution in [3.63, 3.8) is 0 Å². The number of aryl methyl sites for hydroxylation is 1. The third-order valence-corrected chi connectivity index (χ3v) is 5.01. The van der Waals surface area contributed by atoms with Gasteiger partial charge in [0.15, 0.2) is 0 Å². The molecule has 0 unspecified atom stereocenters. The normalized spacial score (nSPS) is 14.8. The Labute approximate surface area is 153 Å². The van der Waals surface area contributed by atoms with Gasteiger partial charge in [0.1, 0.15) is 6.54 Å². The highest BCUT2D eigenvalue weighted by Crippen LogP contribution is 2.21. The molecule has 25 heavy (non-hydrogen) atoms. The molecule has 0 atom stereocenters. The number of carbonyl (C=O) groups is 2. The summed E-state index contributed by atoms with van der Waals surface area (Å²) in [5.74, 6) is -0.164. The molecule has 130 valence electrons. The highest BCUT2D eigenvalue weighted by molar-refractivity contribution is 6.31. The highest BCUT2D eigenvalue weighted by atomic mass is 35.5. The van der Waals surface area contributed by atoms with E-state index in [4.69, 9.17) is 11.6 Å². The summed E-state index contributed by atoms with van der Waals surface area (Å²) in [5.41, 5.74) is 3.61. The van der Waals surface area contributed by atoms with E-state index >= 15 is 0 Å². The predicted octanol–water partition coefficient (Wildman–Crippen LogP) is 3.44. The molecule has 0 aromatic heterocycles. The summed E-state index contributed by atoms with van der Waals surface area (Å²) in [5, 5.41) is 0.565. The summed E-state index contributed by atoms with van der Waals surface area (Å²) in [6, 6.07) is 13.4. The summed E-state index contributed by atoms with van der Waals surface area (Å²) in [4.78, 5) is 28.6. The van der Waals surface area contributed by atoms with Crippen molar-refractivity contribution < 1.29 is 9.59 Å². The number of halogens is 1. The van der Waals surface area contributed by atoms with Gasteiger partial charge < -0.3 is 9.80 Å². The molecule has 1 heterocycles. The molecule has 0 radical (unpaired) electrons. The van der Waals surface area contributed by atoms with E-state index in [1.807, 2.05) is 38.1 Å². The second-order valence-corrected chi connectivity index (χ2v) is 6.85. The molecule has 2 aromatic rings. The smallest absolute Gasteiger partial charge is 0.254 e. The lowest BCUT2D eigenvalue weighted by atomic mass is 10.1. The fraction of sp³-hybridized carbons (Fsp3) is 0.300. The van der Waals surface area contributed by atoms with E-state index < -0.39 is 0 Å². The van der Waals surface area contributed by atoms with Gasteiger partial charge >= 0.3 is 0 Å². The summed E-state index contributed by atoms with van der Waals surface area (Å²) < 4.78 is 0. The quantitative estimate of drug-likeness (QED) is 0.845. The Hall–Kier alpha value is -2.33. The Balaban J connectivity index is 1.67. The average molecular weight is 357 g/mol. The van der Waals surface area contributed by atoms with Crippen molar-refractivity contribution in [2.75, 3.05) is 19.6 Å². The molecule has 0 bridgehead atoms. The second-order valence-electron chi connectivity index (χ2n) is 6.44.